The van der Waals surface area contributed by atoms with Gasteiger partial charge < -0.3 is 14.2 Å². The van der Waals surface area contributed by atoms with E-state index in [4.69, 9.17) is 14.2 Å². The summed E-state index contributed by atoms with van der Waals surface area (Å²) in [6.07, 6.45) is 59.3. The largest absolute Gasteiger partial charge is 0.462 e. The monoisotopic (exact) mass is 789 g/mol. The van der Waals surface area contributed by atoms with Crippen molar-refractivity contribution in [1.29, 1.82) is 0 Å². The van der Waals surface area contributed by atoms with Crippen LogP contribution in [0.1, 0.15) is 175 Å². The molecular weight excluding hydrogens is 709 g/mol. The molecule has 0 radical (unpaired) electrons. The van der Waals surface area contributed by atoms with Crippen molar-refractivity contribution in [3.8, 4) is 0 Å². The molecule has 6 nitrogen and oxygen atoms in total. The van der Waals surface area contributed by atoms with Crippen molar-refractivity contribution >= 4 is 17.9 Å². The topological polar surface area (TPSA) is 78.9 Å². The number of hydrogen-bond donors (Lipinski definition) is 0. The molecule has 0 aliphatic heterocycles. The van der Waals surface area contributed by atoms with E-state index in [9.17, 15) is 14.4 Å². The van der Waals surface area contributed by atoms with Crippen LogP contribution in [0.2, 0.25) is 0 Å². The number of carbonyl (C=O) groups is 3. The van der Waals surface area contributed by atoms with Crippen molar-refractivity contribution in [2.24, 2.45) is 0 Å². The van der Waals surface area contributed by atoms with E-state index in [0.29, 0.717) is 12.8 Å². The fourth-order valence-electron chi connectivity index (χ4n) is 5.51. The molecule has 0 fully saturated rings. The van der Waals surface area contributed by atoms with Crippen molar-refractivity contribution in [1.82, 2.24) is 0 Å². The first-order valence-corrected chi connectivity index (χ1v) is 22.5. The highest BCUT2D eigenvalue weighted by molar-refractivity contribution is 5.71. The molecule has 0 aliphatic rings. The van der Waals surface area contributed by atoms with Crippen LogP contribution in [0.25, 0.3) is 0 Å². The molecule has 320 valence electrons. The number of esters is 3. The van der Waals surface area contributed by atoms with Crippen LogP contribution in [0.4, 0.5) is 0 Å². The van der Waals surface area contributed by atoms with Gasteiger partial charge in [-0.15, -0.1) is 0 Å². The summed E-state index contributed by atoms with van der Waals surface area (Å²) in [7, 11) is 0. The molecule has 0 aliphatic carbocycles. The molecule has 0 rings (SSSR count). The van der Waals surface area contributed by atoms with Gasteiger partial charge in [0.05, 0.1) is 0 Å². The first-order chi connectivity index (χ1) is 28.0. The Balaban J connectivity index is 4.54. The van der Waals surface area contributed by atoms with Crippen molar-refractivity contribution in [2.75, 3.05) is 13.2 Å². The van der Waals surface area contributed by atoms with E-state index in [1.165, 1.54) is 12.8 Å². The summed E-state index contributed by atoms with van der Waals surface area (Å²) in [5, 5.41) is 0. The maximum Gasteiger partial charge on any atom is 0.306 e. The number of ether oxygens (including phenoxy) is 3. The predicted molar refractivity (Wildman–Crippen MR) is 242 cm³/mol. The van der Waals surface area contributed by atoms with E-state index < -0.39 is 6.10 Å². The SMILES string of the molecule is CC\C=C/C=C\C=C/C=C\C=C/CCCCCC(=O)OCC(COC(=O)CCCCCC/C=C\CCCC)OC(=O)CCCCCC/C=C\C/C=C\C/C=C\CC. The lowest BCUT2D eigenvalue weighted by atomic mass is 10.1. The summed E-state index contributed by atoms with van der Waals surface area (Å²) in [6, 6.07) is 0. The van der Waals surface area contributed by atoms with Crippen LogP contribution in [0.5, 0.6) is 0 Å². The standard InChI is InChI=1S/C51H80O6/c1-4-7-10-13-16-19-22-24-26-28-29-32-35-38-41-44-50(53)56-47-48(46-55-49(52)43-40-37-34-31-21-18-15-12-9-6-3)57-51(54)45-42-39-36-33-30-27-25-23-20-17-14-11-8-5-2/h7-8,10-11,13,15-20,22,24-29,48H,4-6,9,12,14,21,23,30-47H2,1-3H3/b10-7-,11-8-,16-13-,18-15-,20-17-,22-19-,26-24-,27-25-,29-28-. The molecule has 0 aromatic carbocycles. The second-order valence-electron chi connectivity index (χ2n) is 14.3. The van der Waals surface area contributed by atoms with E-state index in [2.05, 4.69) is 81.5 Å². The first kappa shape index (κ1) is 53.1. The van der Waals surface area contributed by atoms with Gasteiger partial charge in [-0.1, -0.05) is 175 Å². The van der Waals surface area contributed by atoms with E-state index >= 15 is 0 Å². The van der Waals surface area contributed by atoms with Gasteiger partial charge in [0.1, 0.15) is 13.2 Å². The molecule has 1 atom stereocenters. The van der Waals surface area contributed by atoms with Crippen LogP contribution in [0.3, 0.4) is 0 Å². The highest BCUT2D eigenvalue weighted by Gasteiger charge is 2.19. The molecule has 0 bridgehead atoms. The Bertz CT molecular complexity index is 1230. The van der Waals surface area contributed by atoms with Crippen LogP contribution < -0.4 is 0 Å². The minimum Gasteiger partial charge on any atom is -0.462 e. The molecule has 0 aromatic heterocycles. The van der Waals surface area contributed by atoms with E-state index in [1.807, 2.05) is 48.6 Å². The number of hydrogen-bond acceptors (Lipinski definition) is 6. The highest BCUT2D eigenvalue weighted by Crippen LogP contribution is 2.11. The zero-order valence-electron chi connectivity index (χ0n) is 36.3. The summed E-state index contributed by atoms with van der Waals surface area (Å²) in [4.78, 5) is 37.7. The van der Waals surface area contributed by atoms with E-state index in [-0.39, 0.29) is 37.5 Å². The van der Waals surface area contributed by atoms with Crippen molar-refractivity contribution in [3.05, 3.63) is 109 Å². The summed E-state index contributed by atoms with van der Waals surface area (Å²) in [5.74, 6) is -1.00. The quantitative estimate of drug-likeness (QED) is 0.0204. The minimum absolute atomic E-state index is 0.110. The lowest BCUT2D eigenvalue weighted by Crippen LogP contribution is -2.30. The lowest BCUT2D eigenvalue weighted by molar-refractivity contribution is -0.167. The number of carbonyl (C=O) groups excluding carboxylic acids is 3. The highest BCUT2D eigenvalue weighted by atomic mass is 16.6. The van der Waals surface area contributed by atoms with Gasteiger partial charge in [0, 0.05) is 19.3 Å². The lowest BCUT2D eigenvalue weighted by Gasteiger charge is -2.18. The summed E-state index contributed by atoms with van der Waals surface area (Å²) in [5.41, 5.74) is 0. The second kappa shape index (κ2) is 44.8. The van der Waals surface area contributed by atoms with Gasteiger partial charge in [-0.25, -0.2) is 0 Å². The molecule has 0 saturated carbocycles. The Hall–Kier alpha value is -3.93. The molecule has 0 aromatic rings. The molecule has 1 unspecified atom stereocenters. The van der Waals surface area contributed by atoms with Gasteiger partial charge >= 0.3 is 17.9 Å². The Morgan fingerprint density at radius 2 is 0.772 bits per heavy atom. The number of allylic oxidation sites excluding steroid dienone is 18. The average Bonchev–Trinajstić information content (AvgIpc) is 3.21. The number of rotatable bonds is 38. The Kier molecular flexibility index (Phi) is 41.7. The molecule has 0 saturated heterocycles. The Morgan fingerprint density at radius 3 is 1.30 bits per heavy atom. The molecule has 6 heteroatoms. The summed E-state index contributed by atoms with van der Waals surface area (Å²) < 4.78 is 16.6. The van der Waals surface area contributed by atoms with Gasteiger partial charge in [-0.2, -0.15) is 0 Å². The molecule has 0 heterocycles. The predicted octanol–water partition coefficient (Wildman–Crippen LogP) is 14.4. The van der Waals surface area contributed by atoms with Crippen LogP contribution in [-0.2, 0) is 28.6 Å². The molecule has 0 N–H and O–H groups in total. The maximum atomic E-state index is 12.7. The Morgan fingerprint density at radius 1 is 0.386 bits per heavy atom. The molecule has 57 heavy (non-hydrogen) atoms. The zero-order chi connectivity index (χ0) is 41.5. The molecule has 0 spiro atoms. The first-order valence-electron chi connectivity index (χ1n) is 22.5. The third kappa shape index (κ3) is 43.0. The second-order valence-corrected chi connectivity index (χ2v) is 14.3. The van der Waals surface area contributed by atoms with Crippen molar-refractivity contribution in [2.45, 2.75) is 181 Å². The van der Waals surface area contributed by atoms with Crippen LogP contribution >= 0.6 is 0 Å². The fourth-order valence-corrected chi connectivity index (χ4v) is 5.51. The van der Waals surface area contributed by atoms with Gasteiger partial charge in [0.2, 0.25) is 0 Å². The third-order valence-electron chi connectivity index (χ3n) is 8.87. The van der Waals surface area contributed by atoms with Crippen LogP contribution in [0, 0.1) is 0 Å². The number of unbranched alkanes of at least 4 members (excludes halogenated alkanes) is 13. The van der Waals surface area contributed by atoms with Gasteiger partial charge in [0.15, 0.2) is 6.10 Å². The van der Waals surface area contributed by atoms with Crippen LogP contribution in [-0.4, -0.2) is 37.2 Å². The molecular formula is C51H80O6. The van der Waals surface area contributed by atoms with Crippen LogP contribution in [0.15, 0.2) is 109 Å². The fraction of sp³-hybridized carbons (Fsp3) is 0.588. The average molecular weight is 789 g/mol. The zero-order valence-corrected chi connectivity index (χ0v) is 36.3. The van der Waals surface area contributed by atoms with E-state index in [1.54, 1.807) is 0 Å². The summed E-state index contributed by atoms with van der Waals surface area (Å²) >= 11 is 0. The summed E-state index contributed by atoms with van der Waals surface area (Å²) in [6.45, 7) is 6.23. The van der Waals surface area contributed by atoms with E-state index in [0.717, 1.165) is 122 Å². The molecule has 0 amide bonds. The smallest absolute Gasteiger partial charge is 0.306 e. The minimum atomic E-state index is -0.811. The van der Waals surface area contributed by atoms with Gasteiger partial charge in [-0.05, 0) is 89.9 Å². The maximum absolute atomic E-state index is 12.7. The van der Waals surface area contributed by atoms with Gasteiger partial charge in [-0.3, -0.25) is 14.4 Å². The van der Waals surface area contributed by atoms with Crippen molar-refractivity contribution < 1.29 is 28.6 Å². The third-order valence-corrected chi connectivity index (χ3v) is 8.87. The Labute approximate surface area is 349 Å². The van der Waals surface area contributed by atoms with Crippen molar-refractivity contribution in [3.63, 3.8) is 0 Å². The normalized spacial score (nSPS) is 13.1. The van der Waals surface area contributed by atoms with Gasteiger partial charge in [0.25, 0.3) is 0 Å².